The SMILES string of the molecule is CC(C)(C)c1cccc(C2(NCC(O)CCc3cc(F)cc(F)c3)CCCN(C(=O)N3CCCCC3)C2)c1. The van der Waals surface area contributed by atoms with Crippen LogP contribution < -0.4 is 5.32 Å². The largest absolute Gasteiger partial charge is 0.392 e. The first-order valence-electron chi connectivity index (χ1n) is 14.1. The van der Waals surface area contributed by atoms with Crippen LogP contribution in [0.4, 0.5) is 13.6 Å². The molecule has 2 aliphatic heterocycles. The van der Waals surface area contributed by atoms with Crippen LogP contribution in [0.15, 0.2) is 42.5 Å². The van der Waals surface area contributed by atoms with E-state index in [1.165, 1.54) is 24.1 Å². The lowest BCUT2D eigenvalue weighted by Gasteiger charge is -2.46. The van der Waals surface area contributed by atoms with Crippen LogP contribution in [0.1, 0.15) is 76.0 Å². The van der Waals surface area contributed by atoms with E-state index in [0.29, 0.717) is 31.5 Å². The first kappa shape index (κ1) is 28.5. The number of aryl methyl sites for hydroxylation is 1. The Balaban J connectivity index is 1.52. The maximum absolute atomic E-state index is 13.6. The smallest absolute Gasteiger partial charge is 0.320 e. The predicted molar refractivity (Wildman–Crippen MR) is 147 cm³/mol. The molecule has 2 aromatic rings. The van der Waals surface area contributed by atoms with Gasteiger partial charge in [0.25, 0.3) is 0 Å². The zero-order valence-electron chi connectivity index (χ0n) is 23.1. The Labute approximate surface area is 226 Å². The number of hydrogen-bond donors (Lipinski definition) is 2. The molecule has 0 spiro atoms. The van der Waals surface area contributed by atoms with Crippen molar-refractivity contribution in [1.29, 1.82) is 0 Å². The fourth-order valence-electron chi connectivity index (χ4n) is 5.77. The van der Waals surface area contributed by atoms with E-state index < -0.39 is 23.3 Å². The first-order chi connectivity index (χ1) is 18.1. The standard InChI is InChI=1S/C31H43F2N3O2/c1-30(2,3)24-9-7-10-25(19-24)31(13-8-16-36(22-31)29(38)35-14-5-4-6-15-35)34-21-28(37)12-11-23-17-26(32)20-27(33)18-23/h7,9-10,17-20,28,34,37H,4-6,8,11-16,21-22H2,1-3H3. The van der Waals surface area contributed by atoms with Crippen molar-refractivity contribution < 1.29 is 18.7 Å². The van der Waals surface area contributed by atoms with Crippen molar-refractivity contribution in [2.75, 3.05) is 32.7 Å². The number of carbonyl (C=O) groups excluding carboxylic acids is 1. The summed E-state index contributed by atoms with van der Waals surface area (Å²) in [6.07, 6.45) is 5.06. The van der Waals surface area contributed by atoms with Gasteiger partial charge in [-0.25, -0.2) is 13.6 Å². The molecular formula is C31H43F2N3O2. The number of amides is 2. The van der Waals surface area contributed by atoms with Gasteiger partial charge in [-0.3, -0.25) is 0 Å². The van der Waals surface area contributed by atoms with E-state index in [2.05, 4.69) is 50.4 Å². The van der Waals surface area contributed by atoms with Crippen LogP contribution in [0.3, 0.4) is 0 Å². The summed E-state index contributed by atoms with van der Waals surface area (Å²) >= 11 is 0. The monoisotopic (exact) mass is 527 g/mol. The van der Waals surface area contributed by atoms with E-state index in [1.54, 1.807) is 0 Å². The molecule has 38 heavy (non-hydrogen) atoms. The molecule has 0 bridgehead atoms. The van der Waals surface area contributed by atoms with Gasteiger partial charge in [0, 0.05) is 38.8 Å². The molecular weight excluding hydrogens is 484 g/mol. The lowest BCUT2D eigenvalue weighted by Crippen LogP contribution is -2.59. The van der Waals surface area contributed by atoms with E-state index in [1.807, 2.05) is 9.80 Å². The quantitative estimate of drug-likeness (QED) is 0.483. The van der Waals surface area contributed by atoms with Gasteiger partial charge in [-0.2, -0.15) is 0 Å². The van der Waals surface area contributed by atoms with E-state index in [-0.39, 0.29) is 11.4 Å². The number of benzene rings is 2. The number of aliphatic hydroxyl groups excluding tert-OH is 1. The summed E-state index contributed by atoms with van der Waals surface area (Å²) in [5, 5.41) is 14.5. The molecule has 0 radical (unpaired) electrons. The molecule has 4 rings (SSSR count). The number of carbonyl (C=O) groups is 1. The van der Waals surface area contributed by atoms with Crippen molar-refractivity contribution in [3.63, 3.8) is 0 Å². The summed E-state index contributed by atoms with van der Waals surface area (Å²) in [4.78, 5) is 17.4. The third-order valence-corrected chi connectivity index (χ3v) is 8.04. The molecule has 2 N–H and O–H groups in total. The number of hydrogen-bond acceptors (Lipinski definition) is 3. The molecule has 7 heteroatoms. The molecule has 2 aromatic carbocycles. The fraction of sp³-hybridized carbons (Fsp3) is 0.581. The number of urea groups is 1. The van der Waals surface area contributed by atoms with E-state index in [4.69, 9.17) is 0 Å². The second-order valence-electron chi connectivity index (χ2n) is 12.1. The van der Waals surface area contributed by atoms with Gasteiger partial charge in [0.1, 0.15) is 11.6 Å². The number of nitrogens with one attached hydrogen (secondary N) is 1. The molecule has 5 nitrogen and oxygen atoms in total. The molecule has 0 aliphatic carbocycles. The van der Waals surface area contributed by atoms with Crippen LogP contribution in [0.5, 0.6) is 0 Å². The Morgan fingerprint density at radius 3 is 2.37 bits per heavy atom. The summed E-state index contributed by atoms with van der Waals surface area (Å²) in [7, 11) is 0. The van der Waals surface area contributed by atoms with Gasteiger partial charge in [-0.1, -0.05) is 45.0 Å². The Morgan fingerprint density at radius 1 is 1.00 bits per heavy atom. The maximum atomic E-state index is 13.6. The normalized spacial score (nSPS) is 21.4. The van der Waals surface area contributed by atoms with Crippen molar-refractivity contribution >= 4 is 6.03 Å². The Morgan fingerprint density at radius 2 is 1.68 bits per heavy atom. The minimum atomic E-state index is -0.697. The maximum Gasteiger partial charge on any atom is 0.320 e. The summed E-state index contributed by atoms with van der Waals surface area (Å²) in [6, 6.07) is 12.2. The molecule has 2 unspecified atom stereocenters. The van der Waals surface area contributed by atoms with E-state index in [0.717, 1.165) is 56.9 Å². The third kappa shape index (κ3) is 7.11. The number of aliphatic hydroxyl groups is 1. The minimum Gasteiger partial charge on any atom is -0.392 e. The fourth-order valence-corrected chi connectivity index (χ4v) is 5.77. The molecule has 2 heterocycles. The van der Waals surface area contributed by atoms with Crippen molar-refractivity contribution in [1.82, 2.24) is 15.1 Å². The minimum absolute atomic E-state index is 0.0189. The number of rotatable bonds is 7. The van der Waals surface area contributed by atoms with E-state index in [9.17, 15) is 18.7 Å². The van der Waals surface area contributed by atoms with Crippen LogP contribution in [0.2, 0.25) is 0 Å². The number of nitrogens with zero attached hydrogens (tertiary/aromatic N) is 2. The molecule has 2 atom stereocenters. The lowest BCUT2D eigenvalue weighted by atomic mass is 9.78. The van der Waals surface area contributed by atoms with Gasteiger partial charge in [0.2, 0.25) is 0 Å². The number of likely N-dealkylation sites (tertiary alicyclic amines) is 2. The molecule has 2 fully saturated rings. The summed E-state index contributed by atoms with van der Waals surface area (Å²) in [5.41, 5.74) is 2.38. The van der Waals surface area contributed by atoms with E-state index >= 15 is 0 Å². The zero-order chi connectivity index (χ0) is 27.3. The lowest BCUT2D eigenvalue weighted by molar-refractivity contribution is 0.0857. The Hall–Kier alpha value is -2.51. The summed E-state index contributed by atoms with van der Waals surface area (Å²) in [6.45, 7) is 9.80. The average molecular weight is 528 g/mol. The molecule has 2 saturated heterocycles. The van der Waals surface area contributed by atoms with Gasteiger partial charge in [0.05, 0.1) is 11.6 Å². The van der Waals surface area contributed by atoms with Crippen molar-refractivity contribution in [3.05, 3.63) is 70.8 Å². The van der Waals surface area contributed by atoms with Gasteiger partial charge in [-0.15, -0.1) is 0 Å². The topological polar surface area (TPSA) is 55.8 Å². The van der Waals surface area contributed by atoms with Crippen LogP contribution in [-0.2, 0) is 17.4 Å². The van der Waals surface area contributed by atoms with Gasteiger partial charge in [0.15, 0.2) is 0 Å². The Bertz CT molecular complexity index is 1080. The zero-order valence-corrected chi connectivity index (χ0v) is 23.1. The number of piperidine rings is 2. The summed E-state index contributed by atoms with van der Waals surface area (Å²) < 4.78 is 27.2. The molecule has 2 aliphatic rings. The van der Waals surface area contributed by atoms with Crippen molar-refractivity contribution in [2.24, 2.45) is 0 Å². The molecule has 0 saturated carbocycles. The van der Waals surface area contributed by atoms with Crippen LogP contribution in [0.25, 0.3) is 0 Å². The highest BCUT2D eigenvalue weighted by molar-refractivity contribution is 5.75. The molecule has 2 amide bonds. The average Bonchev–Trinajstić information content (AvgIpc) is 2.90. The Kier molecular flexibility index (Phi) is 9.09. The van der Waals surface area contributed by atoms with Crippen LogP contribution >= 0.6 is 0 Å². The molecule has 0 aromatic heterocycles. The number of halogens is 2. The highest BCUT2D eigenvalue weighted by atomic mass is 19.1. The van der Waals surface area contributed by atoms with Gasteiger partial charge >= 0.3 is 6.03 Å². The highest BCUT2D eigenvalue weighted by Gasteiger charge is 2.40. The van der Waals surface area contributed by atoms with Crippen molar-refractivity contribution in [3.8, 4) is 0 Å². The van der Waals surface area contributed by atoms with Crippen LogP contribution in [-0.4, -0.2) is 59.8 Å². The molecule has 208 valence electrons. The van der Waals surface area contributed by atoms with Crippen molar-refractivity contribution in [2.45, 2.75) is 82.8 Å². The third-order valence-electron chi connectivity index (χ3n) is 8.04. The first-order valence-corrected chi connectivity index (χ1v) is 14.1. The van der Waals surface area contributed by atoms with Crippen LogP contribution in [0, 0.1) is 11.6 Å². The van der Waals surface area contributed by atoms with Gasteiger partial charge in [-0.05, 0) is 79.2 Å². The highest BCUT2D eigenvalue weighted by Crippen LogP contribution is 2.35. The second-order valence-corrected chi connectivity index (χ2v) is 12.1. The van der Waals surface area contributed by atoms with Gasteiger partial charge < -0.3 is 20.2 Å². The second kappa shape index (κ2) is 12.1. The summed E-state index contributed by atoms with van der Waals surface area (Å²) in [5.74, 6) is -1.21. The predicted octanol–water partition coefficient (Wildman–Crippen LogP) is 5.74.